The molecule has 2 aromatic rings. The summed E-state index contributed by atoms with van der Waals surface area (Å²) in [4.78, 5) is 19.0. The number of carbonyl (C=O) groups is 1. The van der Waals surface area contributed by atoms with Crippen molar-refractivity contribution in [2.75, 3.05) is 6.54 Å². The van der Waals surface area contributed by atoms with Crippen LogP contribution in [-0.2, 0) is 0 Å². The van der Waals surface area contributed by atoms with Gasteiger partial charge < -0.3 is 9.42 Å². The van der Waals surface area contributed by atoms with Crippen molar-refractivity contribution < 1.29 is 9.32 Å². The molecule has 5 nitrogen and oxygen atoms in total. The predicted octanol–water partition coefficient (Wildman–Crippen LogP) is 3.12. The van der Waals surface area contributed by atoms with Gasteiger partial charge in [-0.2, -0.15) is 0 Å². The maximum Gasteiger partial charge on any atom is 0.293 e. The zero-order valence-electron chi connectivity index (χ0n) is 11.6. The molecule has 20 heavy (non-hydrogen) atoms. The summed E-state index contributed by atoms with van der Waals surface area (Å²) < 4.78 is 5.11. The summed E-state index contributed by atoms with van der Waals surface area (Å²) in [6.45, 7) is 4.55. The van der Waals surface area contributed by atoms with E-state index in [9.17, 15) is 4.79 Å². The highest BCUT2D eigenvalue weighted by atomic mass is 32.1. The van der Waals surface area contributed by atoms with Crippen molar-refractivity contribution in [2.45, 2.75) is 39.2 Å². The third kappa shape index (κ3) is 2.47. The van der Waals surface area contributed by atoms with E-state index in [1.807, 2.05) is 24.1 Å². The largest absolute Gasteiger partial charge is 0.351 e. The lowest BCUT2D eigenvalue weighted by Gasteiger charge is -2.33. The van der Waals surface area contributed by atoms with Crippen LogP contribution in [0.3, 0.4) is 0 Å². The highest BCUT2D eigenvalue weighted by Gasteiger charge is 2.32. The van der Waals surface area contributed by atoms with Crippen LogP contribution < -0.4 is 0 Å². The molecule has 1 amide bonds. The Morgan fingerprint density at radius 3 is 2.90 bits per heavy atom. The van der Waals surface area contributed by atoms with E-state index in [-0.39, 0.29) is 11.9 Å². The summed E-state index contributed by atoms with van der Waals surface area (Å²) in [5, 5.41) is 6.85. The number of amides is 1. The van der Waals surface area contributed by atoms with Crippen molar-refractivity contribution in [3.8, 4) is 0 Å². The van der Waals surface area contributed by atoms with Gasteiger partial charge in [0.05, 0.1) is 11.7 Å². The summed E-state index contributed by atoms with van der Waals surface area (Å²) in [6, 6.07) is 1.77. The van der Waals surface area contributed by atoms with E-state index in [1.54, 1.807) is 17.4 Å². The second kappa shape index (κ2) is 5.36. The van der Waals surface area contributed by atoms with Gasteiger partial charge in [-0.3, -0.25) is 4.79 Å². The van der Waals surface area contributed by atoms with Crippen LogP contribution in [0.1, 0.15) is 52.3 Å². The highest BCUT2D eigenvalue weighted by Crippen LogP contribution is 2.33. The molecule has 0 N–H and O–H groups in total. The Labute approximate surface area is 121 Å². The summed E-state index contributed by atoms with van der Waals surface area (Å²) in [5.74, 6) is 0.242. The third-order valence-corrected chi connectivity index (χ3v) is 4.59. The maximum atomic E-state index is 12.6. The number of aryl methyl sites for hydroxylation is 2. The van der Waals surface area contributed by atoms with Gasteiger partial charge in [-0.05, 0) is 33.1 Å². The Hall–Kier alpha value is -1.69. The van der Waals surface area contributed by atoms with Crippen molar-refractivity contribution in [2.24, 2.45) is 0 Å². The number of thiazole rings is 1. The van der Waals surface area contributed by atoms with Gasteiger partial charge in [0.2, 0.25) is 5.76 Å². The van der Waals surface area contributed by atoms with E-state index >= 15 is 0 Å². The second-order valence-corrected chi connectivity index (χ2v) is 6.06. The molecule has 0 unspecified atom stereocenters. The van der Waals surface area contributed by atoms with Crippen molar-refractivity contribution in [3.63, 3.8) is 0 Å². The van der Waals surface area contributed by atoms with Crippen LogP contribution in [0.25, 0.3) is 0 Å². The standard InChI is InChI=1S/C14H17N3O2S/c1-9-7-12(19-16-9)14(18)17-6-4-3-5-11(17)13-15-10(2)8-20-13/h7-8,11H,3-6H2,1-2H3/t11-/m0/s1. The predicted molar refractivity (Wildman–Crippen MR) is 75.7 cm³/mol. The first-order chi connectivity index (χ1) is 9.65. The molecule has 0 spiro atoms. The van der Waals surface area contributed by atoms with Crippen molar-refractivity contribution in [1.29, 1.82) is 0 Å². The molecular formula is C14H17N3O2S. The normalized spacial score (nSPS) is 19.3. The summed E-state index contributed by atoms with van der Waals surface area (Å²) >= 11 is 1.63. The van der Waals surface area contributed by atoms with Crippen molar-refractivity contribution in [3.05, 3.63) is 33.6 Å². The molecule has 3 rings (SSSR count). The number of aromatic nitrogens is 2. The molecule has 0 bridgehead atoms. The number of nitrogens with zero attached hydrogens (tertiary/aromatic N) is 3. The molecule has 0 aromatic carbocycles. The van der Waals surface area contributed by atoms with Crippen LogP contribution in [0.2, 0.25) is 0 Å². The number of hydrogen-bond donors (Lipinski definition) is 0. The topological polar surface area (TPSA) is 59.2 Å². The van der Waals surface area contributed by atoms with Crippen LogP contribution in [0, 0.1) is 13.8 Å². The van der Waals surface area contributed by atoms with Gasteiger partial charge >= 0.3 is 0 Å². The first-order valence-electron chi connectivity index (χ1n) is 6.81. The smallest absolute Gasteiger partial charge is 0.293 e. The molecule has 1 saturated heterocycles. The van der Waals surface area contributed by atoms with Gasteiger partial charge in [0, 0.05) is 23.7 Å². The fraction of sp³-hybridized carbons (Fsp3) is 0.500. The Bertz CT molecular complexity index is 619. The van der Waals surface area contributed by atoms with Gasteiger partial charge in [-0.15, -0.1) is 11.3 Å². The molecule has 3 heterocycles. The molecule has 1 atom stereocenters. The zero-order valence-corrected chi connectivity index (χ0v) is 12.4. The Morgan fingerprint density at radius 1 is 1.40 bits per heavy atom. The number of likely N-dealkylation sites (tertiary alicyclic amines) is 1. The van der Waals surface area contributed by atoms with E-state index in [4.69, 9.17) is 4.52 Å². The van der Waals surface area contributed by atoms with Crippen LogP contribution >= 0.6 is 11.3 Å². The average molecular weight is 291 g/mol. The first kappa shape index (κ1) is 13.3. The van der Waals surface area contributed by atoms with E-state index in [2.05, 4.69) is 10.1 Å². The molecule has 1 aliphatic heterocycles. The minimum Gasteiger partial charge on any atom is -0.351 e. The minimum atomic E-state index is -0.0804. The minimum absolute atomic E-state index is 0.0698. The fourth-order valence-corrected chi connectivity index (χ4v) is 3.51. The Kier molecular flexibility index (Phi) is 3.56. The van der Waals surface area contributed by atoms with Gasteiger partial charge in [0.1, 0.15) is 5.01 Å². The first-order valence-corrected chi connectivity index (χ1v) is 7.69. The zero-order chi connectivity index (χ0) is 14.1. The number of rotatable bonds is 2. The molecule has 106 valence electrons. The van der Waals surface area contributed by atoms with E-state index < -0.39 is 0 Å². The molecule has 1 fully saturated rings. The molecule has 1 aliphatic rings. The average Bonchev–Trinajstić information content (AvgIpc) is 3.07. The Morgan fingerprint density at radius 2 is 2.25 bits per heavy atom. The van der Waals surface area contributed by atoms with Crippen molar-refractivity contribution >= 4 is 17.2 Å². The van der Waals surface area contributed by atoms with Crippen LogP contribution in [-0.4, -0.2) is 27.5 Å². The van der Waals surface area contributed by atoms with Crippen LogP contribution in [0.4, 0.5) is 0 Å². The maximum absolute atomic E-state index is 12.6. The monoisotopic (exact) mass is 291 g/mol. The van der Waals surface area contributed by atoms with Crippen LogP contribution in [0.15, 0.2) is 16.0 Å². The molecule has 0 saturated carbocycles. The lowest BCUT2D eigenvalue weighted by molar-refractivity contribution is 0.0569. The molecule has 0 aliphatic carbocycles. The van der Waals surface area contributed by atoms with E-state index in [0.29, 0.717) is 5.76 Å². The quantitative estimate of drug-likeness (QED) is 0.853. The second-order valence-electron chi connectivity index (χ2n) is 5.17. The molecule has 6 heteroatoms. The van der Waals surface area contributed by atoms with Gasteiger partial charge in [0.15, 0.2) is 0 Å². The number of piperidine rings is 1. The lowest BCUT2D eigenvalue weighted by Crippen LogP contribution is -2.38. The fourth-order valence-electron chi connectivity index (χ4n) is 2.56. The number of carbonyl (C=O) groups excluding carboxylic acids is 1. The summed E-state index contributed by atoms with van der Waals surface area (Å²) in [6.07, 6.45) is 3.12. The summed E-state index contributed by atoms with van der Waals surface area (Å²) in [5.41, 5.74) is 1.74. The SMILES string of the molecule is Cc1cc(C(=O)N2CCCC[C@H]2c2nc(C)cs2)on1. The third-order valence-electron chi connectivity index (χ3n) is 3.52. The molecule has 2 aromatic heterocycles. The van der Waals surface area contributed by atoms with E-state index in [1.165, 1.54) is 0 Å². The van der Waals surface area contributed by atoms with E-state index in [0.717, 1.165) is 42.2 Å². The lowest BCUT2D eigenvalue weighted by atomic mass is 10.0. The van der Waals surface area contributed by atoms with Gasteiger partial charge in [-0.1, -0.05) is 5.16 Å². The molecular weight excluding hydrogens is 274 g/mol. The Balaban J connectivity index is 1.87. The van der Waals surface area contributed by atoms with Gasteiger partial charge in [-0.25, -0.2) is 4.98 Å². The summed E-state index contributed by atoms with van der Waals surface area (Å²) in [7, 11) is 0. The number of hydrogen-bond acceptors (Lipinski definition) is 5. The van der Waals surface area contributed by atoms with Gasteiger partial charge in [0.25, 0.3) is 5.91 Å². The molecule has 0 radical (unpaired) electrons. The van der Waals surface area contributed by atoms with Crippen LogP contribution in [0.5, 0.6) is 0 Å². The van der Waals surface area contributed by atoms with Crippen molar-refractivity contribution in [1.82, 2.24) is 15.0 Å². The highest BCUT2D eigenvalue weighted by molar-refractivity contribution is 7.09.